The van der Waals surface area contributed by atoms with Crippen LogP contribution in [0.15, 0.2) is 0 Å². The number of carbonyl (C=O) groups excluding carboxylic acids is 1. The largest absolute Gasteiger partial charge is 0.481 e. The highest BCUT2D eigenvalue weighted by Crippen LogP contribution is 2.57. The summed E-state index contributed by atoms with van der Waals surface area (Å²) in [6.45, 7) is 5.53. The zero-order valence-electron chi connectivity index (χ0n) is 11.9. The average molecular weight is 269 g/mol. The van der Waals surface area contributed by atoms with Crippen LogP contribution in [0.2, 0.25) is 0 Å². The zero-order chi connectivity index (χ0) is 14.5. The molecule has 0 saturated heterocycles. The maximum Gasteiger partial charge on any atom is 0.312 e. The van der Waals surface area contributed by atoms with Crippen LogP contribution in [0.1, 0.15) is 52.9 Å². The maximum absolute atomic E-state index is 12.4. The van der Waals surface area contributed by atoms with Gasteiger partial charge in [0.15, 0.2) is 0 Å². The van der Waals surface area contributed by atoms with Crippen molar-refractivity contribution in [1.82, 2.24) is 0 Å². The van der Waals surface area contributed by atoms with E-state index >= 15 is 0 Å². The molecule has 3 rings (SSSR count). The highest BCUT2D eigenvalue weighted by atomic mass is 16.6. The summed E-state index contributed by atoms with van der Waals surface area (Å²) in [5.74, 6) is -1.04. The second kappa shape index (κ2) is 4.20. The fraction of sp³-hybridized carbons (Fsp3) is 0.857. The lowest BCUT2D eigenvalue weighted by atomic mass is 9.51. The molecule has 2 bridgehead atoms. The Kier molecular flexibility index (Phi) is 3.16. The van der Waals surface area contributed by atoms with Crippen LogP contribution in [0, 0.1) is 10.8 Å². The predicted molar refractivity (Wildman–Crippen MR) is 69.4 cm³/mol. The number of nitrogens with two attached hydrogens (primary N) is 1. The van der Waals surface area contributed by atoms with Gasteiger partial charge < -0.3 is 15.6 Å². The first kappa shape index (κ1) is 14.3. The molecule has 3 aliphatic rings. The van der Waals surface area contributed by atoms with Gasteiger partial charge in [-0.15, -0.1) is 0 Å². The Morgan fingerprint density at radius 2 is 1.74 bits per heavy atom. The van der Waals surface area contributed by atoms with E-state index in [0.717, 1.165) is 0 Å². The standard InChI is InChI=1S/C14H23NO4/c1-12(2,3)19-11(18)13-4-6-14(7-5-13,10(16)17)9(15)8-13/h9H,4-8,15H2,1-3H3,(H,16,17). The van der Waals surface area contributed by atoms with E-state index in [1.165, 1.54) is 0 Å². The number of hydrogen-bond donors (Lipinski definition) is 2. The van der Waals surface area contributed by atoms with Gasteiger partial charge in [-0.3, -0.25) is 9.59 Å². The minimum absolute atomic E-state index is 0.214. The van der Waals surface area contributed by atoms with Gasteiger partial charge in [0.05, 0.1) is 10.8 Å². The van der Waals surface area contributed by atoms with E-state index in [9.17, 15) is 14.7 Å². The Labute approximate surface area is 113 Å². The van der Waals surface area contributed by atoms with Gasteiger partial charge in [0, 0.05) is 6.04 Å². The van der Waals surface area contributed by atoms with Crippen molar-refractivity contribution in [3.8, 4) is 0 Å². The van der Waals surface area contributed by atoms with Crippen molar-refractivity contribution in [2.75, 3.05) is 0 Å². The number of rotatable bonds is 2. The van der Waals surface area contributed by atoms with Crippen LogP contribution in [-0.2, 0) is 14.3 Å². The molecule has 0 aromatic heterocycles. The SMILES string of the molecule is CC(C)(C)OC(=O)C12CCC(C(=O)O)(CC1)C(N)C2. The molecule has 5 nitrogen and oxygen atoms in total. The summed E-state index contributed by atoms with van der Waals surface area (Å²) < 4.78 is 5.50. The topological polar surface area (TPSA) is 89.6 Å². The lowest BCUT2D eigenvalue weighted by molar-refractivity contribution is -0.185. The first-order valence-corrected chi connectivity index (χ1v) is 6.84. The molecule has 0 radical (unpaired) electrons. The van der Waals surface area contributed by atoms with Crippen LogP contribution in [0.4, 0.5) is 0 Å². The molecule has 3 aliphatic carbocycles. The van der Waals surface area contributed by atoms with E-state index in [1.54, 1.807) is 0 Å². The number of esters is 1. The molecule has 0 aromatic rings. The lowest BCUT2D eigenvalue weighted by Gasteiger charge is -2.53. The van der Waals surface area contributed by atoms with E-state index in [2.05, 4.69) is 0 Å². The minimum Gasteiger partial charge on any atom is -0.481 e. The minimum atomic E-state index is -0.830. The van der Waals surface area contributed by atoms with Crippen molar-refractivity contribution in [3.05, 3.63) is 0 Å². The molecule has 3 saturated carbocycles. The molecule has 108 valence electrons. The van der Waals surface area contributed by atoms with Crippen LogP contribution >= 0.6 is 0 Å². The first-order chi connectivity index (χ1) is 8.61. The molecule has 0 aromatic carbocycles. The van der Waals surface area contributed by atoms with Gasteiger partial charge >= 0.3 is 11.9 Å². The number of carbonyl (C=O) groups is 2. The average Bonchev–Trinajstić information content (AvgIpc) is 2.27. The van der Waals surface area contributed by atoms with Gasteiger partial charge in [-0.25, -0.2) is 0 Å². The summed E-state index contributed by atoms with van der Waals surface area (Å²) in [6.07, 6.45) is 2.52. The lowest BCUT2D eigenvalue weighted by Crippen LogP contribution is -2.61. The molecule has 3 fully saturated rings. The summed E-state index contributed by atoms with van der Waals surface area (Å²) in [5, 5.41) is 9.40. The number of ether oxygens (including phenoxy) is 1. The summed E-state index contributed by atoms with van der Waals surface area (Å²) in [6, 6.07) is -0.458. The highest BCUT2D eigenvalue weighted by Gasteiger charge is 2.60. The van der Waals surface area contributed by atoms with Gasteiger partial charge in [-0.1, -0.05) is 0 Å². The van der Waals surface area contributed by atoms with Gasteiger partial charge in [0.25, 0.3) is 0 Å². The zero-order valence-corrected chi connectivity index (χ0v) is 11.9. The number of carboxylic acid groups (broad SMARTS) is 1. The first-order valence-electron chi connectivity index (χ1n) is 6.84. The molecule has 0 amide bonds. The van der Waals surface area contributed by atoms with Crippen molar-refractivity contribution in [1.29, 1.82) is 0 Å². The molecular formula is C14H23NO4. The van der Waals surface area contributed by atoms with Crippen molar-refractivity contribution >= 4 is 11.9 Å². The maximum atomic E-state index is 12.4. The van der Waals surface area contributed by atoms with Crippen molar-refractivity contribution in [2.24, 2.45) is 16.6 Å². The third-order valence-electron chi connectivity index (χ3n) is 4.68. The van der Waals surface area contributed by atoms with Crippen LogP contribution in [0.3, 0.4) is 0 Å². The Balaban J connectivity index is 2.18. The smallest absolute Gasteiger partial charge is 0.312 e. The summed E-state index contributed by atoms with van der Waals surface area (Å²) in [7, 11) is 0. The number of carboxylic acids is 1. The van der Waals surface area contributed by atoms with E-state index in [-0.39, 0.29) is 5.97 Å². The van der Waals surface area contributed by atoms with Crippen molar-refractivity contribution < 1.29 is 19.4 Å². The van der Waals surface area contributed by atoms with E-state index in [0.29, 0.717) is 32.1 Å². The molecule has 1 unspecified atom stereocenters. The fourth-order valence-electron chi connectivity index (χ4n) is 3.41. The van der Waals surface area contributed by atoms with Crippen molar-refractivity contribution in [3.63, 3.8) is 0 Å². The van der Waals surface area contributed by atoms with Crippen LogP contribution in [0.5, 0.6) is 0 Å². The summed E-state index contributed by atoms with van der Waals surface area (Å²) >= 11 is 0. The molecule has 0 spiro atoms. The molecule has 1 atom stereocenters. The Bertz CT molecular complexity index is 402. The van der Waals surface area contributed by atoms with E-state index < -0.39 is 28.4 Å². The van der Waals surface area contributed by atoms with Crippen molar-refractivity contribution in [2.45, 2.75) is 64.5 Å². The monoisotopic (exact) mass is 269 g/mol. The molecule has 5 heteroatoms. The third-order valence-corrected chi connectivity index (χ3v) is 4.68. The van der Waals surface area contributed by atoms with Gasteiger partial charge in [0.1, 0.15) is 5.60 Å². The molecule has 19 heavy (non-hydrogen) atoms. The predicted octanol–water partition coefficient (Wildman–Crippen LogP) is 1.69. The number of fused-ring (bicyclic) bond motifs is 3. The summed E-state index contributed by atoms with van der Waals surface area (Å²) in [4.78, 5) is 23.8. The van der Waals surface area contributed by atoms with Crippen LogP contribution in [0.25, 0.3) is 0 Å². The van der Waals surface area contributed by atoms with E-state index in [4.69, 9.17) is 10.5 Å². The Morgan fingerprint density at radius 1 is 1.21 bits per heavy atom. The van der Waals surface area contributed by atoms with Gasteiger partial charge in [0.2, 0.25) is 0 Å². The summed E-state index contributed by atoms with van der Waals surface area (Å²) in [5.41, 5.74) is 4.14. The molecular weight excluding hydrogens is 246 g/mol. The molecule has 0 aliphatic heterocycles. The second-order valence-corrected chi connectivity index (χ2v) is 7.05. The normalized spacial score (nSPS) is 38.0. The number of aliphatic carboxylic acids is 1. The van der Waals surface area contributed by atoms with E-state index in [1.807, 2.05) is 20.8 Å². The van der Waals surface area contributed by atoms with Crippen LogP contribution < -0.4 is 5.73 Å². The number of hydrogen-bond acceptors (Lipinski definition) is 4. The fourth-order valence-corrected chi connectivity index (χ4v) is 3.41. The third kappa shape index (κ3) is 2.24. The van der Waals surface area contributed by atoms with Gasteiger partial charge in [-0.05, 0) is 52.9 Å². The van der Waals surface area contributed by atoms with Crippen LogP contribution in [-0.4, -0.2) is 28.7 Å². The quantitative estimate of drug-likeness (QED) is 0.745. The highest BCUT2D eigenvalue weighted by molar-refractivity contribution is 5.81. The second-order valence-electron chi connectivity index (χ2n) is 7.05. The Hall–Kier alpha value is -1.10. The van der Waals surface area contributed by atoms with Gasteiger partial charge in [-0.2, -0.15) is 0 Å². The molecule has 3 N–H and O–H groups in total. The Morgan fingerprint density at radius 3 is 2.11 bits per heavy atom. The molecule has 0 heterocycles.